The first-order valence-electron chi connectivity index (χ1n) is 9.13. The number of nitrogens with zero attached hydrogens (tertiary/aromatic N) is 1. The molecule has 2 unspecified atom stereocenters. The summed E-state index contributed by atoms with van der Waals surface area (Å²) < 4.78 is 6.58. The van der Waals surface area contributed by atoms with Gasteiger partial charge in [0.25, 0.3) is 0 Å². The second-order valence-electron chi connectivity index (χ2n) is 9.90. The highest BCUT2D eigenvalue weighted by Crippen LogP contribution is 2.48. The molecule has 0 saturated carbocycles. The number of hydrogen-bond acceptors (Lipinski definition) is 2. The summed E-state index contributed by atoms with van der Waals surface area (Å²) >= 11 is 6.29. The van der Waals surface area contributed by atoms with Crippen molar-refractivity contribution in [2.45, 2.75) is 71.6 Å². The zero-order valence-electron chi connectivity index (χ0n) is 17.2. The Bertz CT molecular complexity index is 691. The van der Waals surface area contributed by atoms with Crippen molar-refractivity contribution in [3.63, 3.8) is 0 Å². The van der Waals surface area contributed by atoms with Gasteiger partial charge in [0, 0.05) is 29.1 Å². The van der Waals surface area contributed by atoms with Crippen LogP contribution in [0.1, 0.15) is 53.0 Å². The molecule has 1 aromatic carbocycles. The fourth-order valence-corrected chi connectivity index (χ4v) is 4.59. The van der Waals surface area contributed by atoms with Crippen LogP contribution in [0.25, 0.3) is 0 Å². The van der Waals surface area contributed by atoms with Crippen molar-refractivity contribution in [3.05, 3.63) is 28.8 Å². The Balaban J connectivity index is 2.44. The Hall–Kier alpha value is -1.20. The van der Waals surface area contributed by atoms with Gasteiger partial charge in [0.05, 0.1) is 0 Å². The van der Waals surface area contributed by atoms with Gasteiger partial charge in [-0.3, -0.25) is 0 Å². The van der Waals surface area contributed by atoms with Crippen LogP contribution in [0.3, 0.4) is 0 Å². The standard InChI is InChI=1S/C20H32ClNO3Si/c1-19(2,3)17-15(12-22(17)18(23)24)14-11-13(21)9-10-16(14)25-26(7,8)20(4,5)6/h9-11,15,17H,12H2,1-8H3,(H,23,24). The number of carbonyl (C=O) groups is 1. The number of benzene rings is 1. The first-order chi connectivity index (χ1) is 11.6. The van der Waals surface area contributed by atoms with Crippen molar-refractivity contribution in [3.8, 4) is 5.75 Å². The van der Waals surface area contributed by atoms with Crippen molar-refractivity contribution in [2.75, 3.05) is 6.54 Å². The fourth-order valence-electron chi connectivity index (χ4n) is 3.37. The molecule has 0 bridgehead atoms. The van der Waals surface area contributed by atoms with Crippen LogP contribution in [0.15, 0.2) is 18.2 Å². The van der Waals surface area contributed by atoms with Crippen LogP contribution in [-0.4, -0.2) is 37.0 Å². The summed E-state index contributed by atoms with van der Waals surface area (Å²) in [5.41, 5.74) is 0.859. The first kappa shape index (κ1) is 21.1. The normalized spacial score (nSPS) is 21.3. The smallest absolute Gasteiger partial charge is 0.407 e. The van der Waals surface area contributed by atoms with Crippen LogP contribution >= 0.6 is 11.6 Å². The van der Waals surface area contributed by atoms with Gasteiger partial charge in [0.2, 0.25) is 8.32 Å². The Labute approximate surface area is 163 Å². The average molecular weight is 398 g/mol. The predicted molar refractivity (Wildman–Crippen MR) is 110 cm³/mol. The molecule has 2 atom stereocenters. The van der Waals surface area contributed by atoms with E-state index in [2.05, 4.69) is 54.6 Å². The summed E-state index contributed by atoms with van der Waals surface area (Å²) in [6.07, 6.45) is -0.866. The van der Waals surface area contributed by atoms with Crippen molar-refractivity contribution < 1.29 is 14.3 Å². The van der Waals surface area contributed by atoms with E-state index in [-0.39, 0.29) is 22.4 Å². The third kappa shape index (κ3) is 4.04. The maximum absolute atomic E-state index is 11.6. The molecule has 1 heterocycles. The van der Waals surface area contributed by atoms with E-state index in [0.29, 0.717) is 11.6 Å². The maximum atomic E-state index is 11.6. The molecule has 4 nitrogen and oxygen atoms in total. The zero-order valence-corrected chi connectivity index (χ0v) is 18.9. The second kappa shape index (κ2) is 6.75. The molecule has 1 aliphatic rings. The van der Waals surface area contributed by atoms with E-state index >= 15 is 0 Å². The van der Waals surface area contributed by atoms with E-state index in [1.165, 1.54) is 4.90 Å². The van der Waals surface area contributed by atoms with E-state index < -0.39 is 14.4 Å². The fraction of sp³-hybridized carbons (Fsp3) is 0.650. The van der Waals surface area contributed by atoms with Gasteiger partial charge < -0.3 is 14.4 Å². The van der Waals surface area contributed by atoms with Crippen LogP contribution in [-0.2, 0) is 0 Å². The minimum absolute atomic E-state index is 0.0834. The molecule has 0 aromatic heterocycles. The molecule has 1 aromatic rings. The molecule has 2 rings (SSSR count). The SMILES string of the molecule is CC(C)(C)C1C(c2cc(Cl)ccc2O[Si](C)(C)C(C)(C)C)CN1C(=O)O. The summed E-state index contributed by atoms with van der Waals surface area (Å²) in [5.74, 6) is 0.940. The topological polar surface area (TPSA) is 49.8 Å². The highest BCUT2D eigenvalue weighted by atomic mass is 35.5. The molecule has 26 heavy (non-hydrogen) atoms. The Morgan fingerprint density at radius 3 is 2.27 bits per heavy atom. The summed E-state index contributed by atoms with van der Waals surface area (Å²) in [6.45, 7) is 17.8. The van der Waals surface area contributed by atoms with Crippen molar-refractivity contribution in [1.82, 2.24) is 4.90 Å². The second-order valence-corrected chi connectivity index (χ2v) is 15.1. The number of carboxylic acid groups (broad SMARTS) is 1. The molecule has 1 fully saturated rings. The van der Waals surface area contributed by atoms with Gasteiger partial charge in [-0.05, 0) is 41.7 Å². The van der Waals surface area contributed by atoms with Gasteiger partial charge in [-0.15, -0.1) is 0 Å². The molecule has 1 saturated heterocycles. The van der Waals surface area contributed by atoms with Gasteiger partial charge in [-0.2, -0.15) is 0 Å². The van der Waals surface area contributed by atoms with Gasteiger partial charge in [0.15, 0.2) is 0 Å². The van der Waals surface area contributed by atoms with Crippen molar-refractivity contribution >= 4 is 26.0 Å². The molecule has 0 aliphatic carbocycles. The average Bonchev–Trinajstić information content (AvgIpc) is 2.36. The van der Waals surface area contributed by atoms with Gasteiger partial charge in [-0.1, -0.05) is 53.1 Å². The quantitative estimate of drug-likeness (QED) is 0.616. The molecule has 6 heteroatoms. The Morgan fingerprint density at radius 2 is 1.81 bits per heavy atom. The number of likely N-dealkylation sites (tertiary alicyclic amines) is 1. The summed E-state index contributed by atoms with van der Waals surface area (Å²) in [5, 5.41) is 10.3. The Kier molecular flexibility index (Phi) is 5.48. The Morgan fingerprint density at radius 1 is 1.23 bits per heavy atom. The summed E-state index contributed by atoms with van der Waals surface area (Å²) in [7, 11) is -2.01. The first-order valence-corrected chi connectivity index (χ1v) is 12.4. The summed E-state index contributed by atoms with van der Waals surface area (Å²) in [6, 6.07) is 5.65. The summed E-state index contributed by atoms with van der Waals surface area (Å²) in [4.78, 5) is 13.1. The lowest BCUT2D eigenvalue weighted by molar-refractivity contribution is -0.00210. The molecule has 1 N–H and O–H groups in total. The third-order valence-electron chi connectivity index (χ3n) is 5.79. The van der Waals surface area contributed by atoms with Crippen LogP contribution in [0, 0.1) is 5.41 Å². The minimum Gasteiger partial charge on any atom is -0.543 e. The molecular weight excluding hydrogens is 366 g/mol. The number of hydrogen-bond donors (Lipinski definition) is 1. The highest BCUT2D eigenvalue weighted by Gasteiger charge is 2.50. The van der Waals surface area contributed by atoms with E-state index in [4.69, 9.17) is 16.0 Å². The molecule has 1 amide bonds. The molecule has 1 aliphatic heterocycles. The lowest BCUT2D eigenvalue weighted by atomic mass is 9.69. The maximum Gasteiger partial charge on any atom is 0.407 e. The predicted octanol–water partition coefficient (Wildman–Crippen LogP) is 6.22. The molecule has 0 spiro atoms. The van der Waals surface area contributed by atoms with E-state index in [1.807, 2.05) is 18.2 Å². The van der Waals surface area contributed by atoms with E-state index in [0.717, 1.165) is 11.3 Å². The number of amides is 1. The molecule has 146 valence electrons. The van der Waals surface area contributed by atoms with Crippen molar-refractivity contribution in [2.24, 2.45) is 5.41 Å². The van der Waals surface area contributed by atoms with Crippen molar-refractivity contribution in [1.29, 1.82) is 0 Å². The van der Waals surface area contributed by atoms with Gasteiger partial charge >= 0.3 is 6.09 Å². The van der Waals surface area contributed by atoms with Crippen LogP contribution in [0.4, 0.5) is 4.79 Å². The van der Waals surface area contributed by atoms with Crippen LogP contribution in [0.2, 0.25) is 23.2 Å². The van der Waals surface area contributed by atoms with Crippen LogP contribution in [0.5, 0.6) is 5.75 Å². The van der Waals surface area contributed by atoms with Gasteiger partial charge in [0.1, 0.15) is 5.75 Å². The molecule has 0 radical (unpaired) electrons. The van der Waals surface area contributed by atoms with Crippen LogP contribution < -0.4 is 4.43 Å². The van der Waals surface area contributed by atoms with Gasteiger partial charge in [-0.25, -0.2) is 4.79 Å². The largest absolute Gasteiger partial charge is 0.543 e. The number of halogens is 1. The van der Waals surface area contributed by atoms with E-state index in [1.54, 1.807) is 0 Å². The van der Waals surface area contributed by atoms with E-state index in [9.17, 15) is 9.90 Å². The lowest BCUT2D eigenvalue weighted by Gasteiger charge is -2.53. The zero-order chi connectivity index (χ0) is 20.1. The lowest BCUT2D eigenvalue weighted by Crippen LogP contribution is -2.62. The minimum atomic E-state index is -2.01. The molecular formula is C20H32ClNO3Si. The monoisotopic (exact) mass is 397 g/mol. The number of rotatable bonds is 3. The third-order valence-corrected chi connectivity index (χ3v) is 10.4. The highest BCUT2D eigenvalue weighted by molar-refractivity contribution is 6.74.